The maximum atomic E-state index is 11.7. The van der Waals surface area contributed by atoms with Gasteiger partial charge in [0.15, 0.2) is 0 Å². The van der Waals surface area contributed by atoms with Crippen molar-refractivity contribution in [1.82, 2.24) is 9.03 Å². The van der Waals surface area contributed by atoms with Crippen molar-refractivity contribution >= 4 is 10.2 Å². The van der Waals surface area contributed by atoms with Gasteiger partial charge in [-0.05, 0) is 26.7 Å². The average Bonchev–Trinajstić information content (AvgIpc) is 2.94. The zero-order chi connectivity index (χ0) is 11.7. The Labute approximate surface area is 91.7 Å². The Kier molecular flexibility index (Phi) is 3.76. The molecule has 1 rings (SSSR count). The van der Waals surface area contributed by atoms with E-state index in [0.717, 1.165) is 12.8 Å². The van der Waals surface area contributed by atoms with Crippen molar-refractivity contribution in [3.8, 4) is 0 Å². The number of aliphatic hydroxyl groups excluding tert-OH is 1. The van der Waals surface area contributed by atoms with Gasteiger partial charge >= 0.3 is 0 Å². The molecule has 0 radical (unpaired) electrons. The van der Waals surface area contributed by atoms with Crippen LogP contribution in [0.2, 0.25) is 0 Å². The van der Waals surface area contributed by atoms with E-state index in [-0.39, 0.29) is 18.1 Å². The quantitative estimate of drug-likeness (QED) is 0.678. The van der Waals surface area contributed by atoms with Crippen molar-refractivity contribution < 1.29 is 13.5 Å². The van der Waals surface area contributed by atoms with E-state index in [4.69, 9.17) is 5.11 Å². The fourth-order valence-electron chi connectivity index (χ4n) is 1.19. The molecule has 15 heavy (non-hydrogen) atoms. The molecule has 6 heteroatoms. The first-order chi connectivity index (χ1) is 6.83. The topological polar surface area (TPSA) is 69.6 Å². The lowest BCUT2D eigenvalue weighted by Gasteiger charge is -2.22. The molecule has 0 saturated heterocycles. The van der Waals surface area contributed by atoms with Crippen molar-refractivity contribution in [2.75, 3.05) is 20.2 Å². The highest BCUT2D eigenvalue weighted by Crippen LogP contribution is 2.44. The highest BCUT2D eigenvalue weighted by Gasteiger charge is 2.42. The molecule has 5 nitrogen and oxygen atoms in total. The lowest BCUT2D eigenvalue weighted by molar-refractivity contribution is 0.212. The summed E-state index contributed by atoms with van der Waals surface area (Å²) in [5.41, 5.74) is -0.190. The molecule has 0 bridgehead atoms. The number of aliphatic hydroxyl groups is 1. The number of hydrogen-bond donors (Lipinski definition) is 2. The maximum Gasteiger partial charge on any atom is 0.279 e. The molecule has 0 unspecified atom stereocenters. The molecule has 0 aliphatic heterocycles. The van der Waals surface area contributed by atoms with Crippen LogP contribution < -0.4 is 4.72 Å². The van der Waals surface area contributed by atoms with E-state index in [1.54, 1.807) is 7.05 Å². The van der Waals surface area contributed by atoms with Gasteiger partial charge in [-0.1, -0.05) is 0 Å². The van der Waals surface area contributed by atoms with Gasteiger partial charge in [-0.25, -0.2) is 4.72 Å². The Balaban J connectivity index is 2.50. The molecule has 0 spiro atoms. The fourth-order valence-corrected chi connectivity index (χ4v) is 2.44. The first kappa shape index (κ1) is 12.9. The second-order valence-corrected chi connectivity index (χ2v) is 6.41. The van der Waals surface area contributed by atoms with Gasteiger partial charge in [0.05, 0.1) is 0 Å². The Morgan fingerprint density at radius 3 is 2.33 bits per heavy atom. The van der Waals surface area contributed by atoms with Crippen LogP contribution in [0.5, 0.6) is 0 Å². The van der Waals surface area contributed by atoms with Crippen molar-refractivity contribution in [3.63, 3.8) is 0 Å². The van der Waals surface area contributed by atoms with Crippen LogP contribution >= 0.6 is 0 Å². The molecule has 0 aromatic heterocycles. The molecule has 90 valence electrons. The number of nitrogens with one attached hydrogen (secondary N) is 1. The Bertz CT molecular complexity index is 309. The van der Waals surface area contributed by atoms with Gasteiger partial charge in [0, 0.05) is 31.7 Å². The summed E-state index contributed by atoms with van der Waals surface area (Å²) in [5, 5.41) is 9.05. The van der Waals surface area contributed by atoms with Crippen LogP contribution in [0.3, 0.4) is 0 Å². The van der Waals surface area contributed by atoms with E-state index in [1.165, 1.54) is 4.31 Å². The van der Waals surface area contributed by atoms with Crippen LogP contribution in [-0.2, 0) is 10.2 Å². The molecule has 1 aliphatic carbocycles. The number of rotatable bonds is 6. The zero-order valence-corrected chi connectivity index (χ0v) is 10.3. The molecule has 1 fully saturated rings. The van der Waals surface area contributed by atoms with Gasteiger partial charge in [0.2, 0.25) is 0 Å². The summed E-state index contributed by atoms with van der Waals surface area (Å²) < 4.78 is 27.2. The molecule has 1 aliphatic rings. The minimum Gasteiger partial charge on any atom is -0.396 e. The smallest absolute Gasteiger partial charge is 0.279 e. The SMILES string of the molecule is CC(C)N(C)S(=O)(=O)NCC1(CO)CC1. The van der Waals surface area contributed by atoms with E-state index < -0.39 is 10.2 Å². The van der Waals surface area contributed by atoms with Crippen molar-refractivity contribution in [3.05, 3.63) is 0 Å². The van der Waals surface area contributed by atoms with Crippen LogP contribution in [0.4, 0.5) is 0 Å². The Morgan fingerprint density at radius 2 is 2.00 bits per heavy atom. The molecule has 2 N–H and O–H groups in total. The molecular weight excluding hydrogens is 216 g/mol. The average molecular weight is 236 g/mol. The summed E-state index contributed by atoms with van der Waals surface area (Å²) in [6.07, 6.45) is 1.80. The van der Waals surface area contributed by atoms with Crippen LogP contribution in [0.25, 0.3) is 0 Å². The van der Waals surface area contributed by atoms with E-state index in [9.17, 15) is 8.42 Å². The molecular formula is C9H20N2O3S. The van der Waals surface area contributed by atoms with E-state index >= 15 is 0 Å². The highest BCUT2D eigenvalue weighted by molar-refractivity contribution is 7.87. The second kappa shape index (κ2) is 4.37. The zero-order valence-electron chi connectivity index (χ0n) is 9.52. The lowest BCUT2D eigenvalue weighted by atomic mass is 10.1. The maximum absolute atomic E-state index is 11.7. The number of hydrogen-bond acceptors (Lipinski definition) is 3. The van der Waals surface area contributed by atoms with E-state index in [2.05, 4.69) is 4.72 Å². The van der Waals surface area contributed by atoms with Gasteiger partial charge in [-0.15, -0.1) is 0 Å². The van der Waals surface area contributed by atoms with E-state index in [1.807, 2.05) is 13.8 Å². The minimum atomic E-state index is -3.39. The van der Waals surface area contributed by atoms with Crippen molar-refractivity contribution in [2.24, 2.45) is 5.41 Å². The van der Waals surface area contributed by atoms with Crippen molar-refractivity contribution in [1.29, 1.82) is 0 Å². The standard InChI is InChI=1S/C9H20N2O3S/c1-8(2)11(3)15(13,14)10-6-9(7-12)4-5-9/h8,10,12H,4-7H2,1-3H3. The Hall–Kier alpha value is -0.170. The molecule has 0 atom stereocenters. The highest BCUT2D eigenvalue weighted by atomic mass is 32.2. The van der Waals surface area contributed by atoms with Crippen LogP contribution in [0.15, 0.2) is 0 Å². The van der Waals surface area contributed by atoms with Crippen LogP contribution in [0.1, 0.15) is 26.7 Å². The fraction of sp³-hybridized carbons (Fsp3) is 1.00. The summed E-state index contributed by atoms with van der Waals surface area (Å²) in [6, 6.07) is -0.0632. The predicted molar refractivity (Wildman–Crippen MR) is 58.6 cm³/mol. The first-order valence-corrected chi connectivity index (χ1v) is 6.60. The van der Waals surface area contributed by atoms with Crippen LogP contribution in [-0.4, -0.2) is 44.1 Å². The summed E-state index contributed by atoms with van der Waals surface area (Å²) in [7, 11) is -1.84. The van der Waals surface area contributed by atoms with E-state index in [0.29, 0.717) is 6.54 Å². The third-order valence-corrected chi connectivity index (χ3v) is 4.72. The first-order valence-electron chi connectivity index (χ1n) is 5.16. The normalized spacial score (nSPS) is 19.9. The van der Waals surface area contributed by atoms with Crippen LogP contribution in [0, 0.1) is 5.41 Å². The summed E-state index contributed by atoms with van der Waals surface area (Å²) >= 11 is 0. The molecule has 0 aromatic rings. The second-order valence-electron chi connectivity index (χ2n) is 4.59. The third-order valence-electron chi connectivity index (χ3n) is 3.03. The van der Waals surface area contributed by atoms with Gasteiger partial charge in [-0.2, -0.15) is 12.7 Å². The molecule has 0 heterocycles. The molecule has 1 saturated carbocycles. The molecule has 0 aromatic carbocycles. The lowest BCUT2D eigenvalue weighted by Crippen LogP contribution is -2.44. The number of nitrogens with zero attached hydrogens (tertiary/aromatic N) is 1. The van der Waals surface area contributed by atoms with Gasteiger partial charge < -0.3 is 5.11 Å². The largest absolute Gasteiger partial charge is 0.396 e. The van der Waals surface area contributed by atoms with Gasteiger partial charge in [-0.3, -0.25) is 0 Å². The monoisotopic (exact) mass is 236 g/mol. The Morgan fingerprint density at radius 1 is 1.47 bits per heavy atom. The molecule has 0 amide bonds. The third kappa shape index (κ3) is 3.14. The minimum absolute atomic E-state index is 0.0565. The van der Waals surface area contributed by atoms with Gasteiger partial charge in [0.25, 0.3) is 10.2 Å². The predicted octanol–water partition coefficient (Wildman–Crippen LogP) is -0.0665. The van der Waals surface area contributed by atoms with Gasteiger partial charge in [0.1, 0.15) is 0 Å². The summed E-state index contributed by atoms with van der Waals surface area (Å²) in [6.45, 7) is 4.03. The summed E-state index contributed by atoms with van der Waals surface area (Å²) in [4.78, 5) is 0. The summed E-state index contributed by atoms with van der Waals surface area (Å²) in [5.74, 6) is 0. The van der Waals surface area contributed by atoms with Crippen molar-refractivity contribution in [2.45, 2.75) is 32.7 Å².